The minimum atomic E-state index is -0.262. The first-order valence-electron chi connectivity index (χ1n) is 8.13. The molecule has 0 saturated heterocycles. The molecule has 0 saturated carbocycles. The number of aromatic nitrogens is 1. The molecule has 1 amide bonds. The number of hydrogen-bond acceptors (Lipinski definition) is 4. The molecule has 5 heteroatoms. The minimum Gasteiger partial charge on any atom is -0.497 e. The molecule has 1 aromatic carbocycles. The summed E-state index contributed by atoms with van der Waals surface area (Å²) in [5.41, 5.74) is 1.92. The molecular formula is C20H20N2O3. The van der Waals surface area contributed by atoms with Crippen molar-refractivity contribution in [2.24, 2.45) is 0 Å². The summed E-state index contributed by atoms with van der Waals surface area (Å²) >= 11 is 0. The Morgan fingerprint density at radius 2 is 1.96 bits per heavy atom. The molecule has 0 spiro atoms. The van der Waals surface area contributed by atoms with Crippen LogP contribution in [0.25, 0.3) is 0 Å². The van der Waals surface area contributed by atoms with Gasteiger partial charge in [-0.15, -0.1) is 0 Å². The molecule has 2 aromatic heterocycles. The number of methoxy groups -OCH3 is 1. The van der Waals surface area contributed by atoms with Gasteiger partial charge in [0, 0.05) is 18.9 Å². The number of hydrogen-bond donors (Lipinski definition) is 0. The van der Waals surface area contributed by atoms with Crippen LogP contribution in [0.4, 0.5) is 0 Å². The molecule has 0 aliphatic rings. The van der Waals surface area contributed by atoms with Gasteiger partial charge in [-0.05, 0) is 48.4 Å². The van der Waals surface area contributed by atoms with E-state index in [4.69, 9.17) is 9.15 Å². The van der Waals surface area contributed by atoms with Crippen molar-refractivity contribution in [3.63, 3.8) is 0 Å². The minimum absolute atomic E-state index is 0.155. The zero-order valence-electron chi connectivity index (χ0n) is 14.3. The molecule has 0 unspecified atom stereocenters. The Labute approximate surface area is 146 Å². The van der Waals surface area contributed by atoms with Gasteiger partial charge >= 0.3 is 0 Å². The summed E-state index contributed by atoms with van der Waals surface area (Å²) in [5.74, 6) is 0.940. The van der Waals surface area contributed by atoms with Gasteiger partial charge in [-0.25, -0.2) is 0 Å². The highest BCUT2D eigenvalue weighted by molar-refractivity contribution is 5.92. The van der Waals surface area contributed by atoms with Crippen LogP contribution in [-0.2, 0) is 0 Å². The highest BCUT2D eigenvalue weighted by Gasteiger charge is 2.28. The van der Waals surface area contributed by atoms with Crippen LogP contribution in [0.1, 0.15) is 34.6 Å². The summed E-state index contributed by atoms with van der Waals surface area (Å²) in [6, 6.07) is 14.7. The number of carbonyl (C=O) groups is 1. The van der Waals surface area contributed by atoms with Gasteiger partial charge in [0.2, 0.25) is 0 Å². The van der Waals surface area contributed by atoms with Crippen molar-refractivity contribution in [3.05, 3.63) is 84.1 Å². The van der Waals surface area contributed by atoms with Crippen molar-refractivity contribution in [1.82, 2.24) is 9.88 Å². The van der Waals surface area contributed by atoms with Crippen molar-refractivity contribution in [1.29, 1.82) is 0 Å². The van der Waals surface area contributed by atoms with Gasteiger partial charge in [0.15, 0.2) is 5.76 Å². The monoisotopic (exact) mass is 336 g/mol. The smallest absolute Gasteiger partial charge is 0.290 e. The summed E-state index contributed by atoms with van der Waals surface area (Å²) in [6.07, 6.45) is 5.01. The van der Waals surface area contributed by atoms with E-state index >= 15 is 0 Å². The SMILES string of the molecule is CCN(C(=O)c1ccco1)[C@@H](c1ccc(OC)cc1)c1cccnc1. The second-order valence-corrected chi connectivity index (χ2v) is 5.53. The predicted octanol–water partition coefficient (Wildman–Crippen LogP) is 3.93. The number of amides is 1. The second-order valence-electron chi connectivity index (χ2n) is 5.53. The van der Waals surface area contributed by atoms with Crippen LogP contribution in [0.3, 0.4) is 0 Å². The van der Waals surface area contributed by atoms with E-state index in [1.807, 2.05) is 43.3 Å². The number of rotatable bonds is 6. The Hall–Kier alpha value is -3.08. The first kappa shape index (κ1) is 16.8. The number of furan rings is 1. The third-order valence-electron chi connectivity index (χ3n) is 4.08. The van der Waals surface area contributed by atoms with E-state index in [-0.39, 0.29) is 11.9 Å². The second kappa shape index (κ2) is 7.66. The maximum atomic E-state index is 12.9. The van der Waals surface area contributed by atoms with E-state index in [2.05, 4.69) is 4.98 Å². The zero-order valence-corrected chi connectivity index (χ0v) is 14.3. The van der Waals surface area contributed by atoms with E-state index in [0.29, 0.717) is 12.3 Å². The number of carbonyl (C=O) groups excluding carboxylic acids is 1. The fourth-order valence-electron chi connectivity index (χ4n) is 2.86. The molecule has 2 heterocycles. The fourth-order valence-corrected chi connectivity index (χ4v) is 2.86. The van der Waals surface area contributed by atoms with Gasteiger partial charge in [0.05, 0.1) is 19.4 Å². The van der Waals surface area contributed by atoms with Gasteiger partial charge in [-0.1, -0.05) is 18.2 Å². The van der Waals surface area contributed by atoms with Gasteiger partial charge in [-0.3, -0.25) is 9.78 Å². The number of pyridine rings is 1. The number of benzene rings is 1. The molecule has 1 atom stereocenters. The quantitative estimate of drug-likeness (QED) is 0.684. The molecule has 0 aliphatic heterocycles. The Morgan fingerprint density at radius 1 is 1.16 bits per heavy atom. The lowest BCUT2D eigenvalue weighted by Gasteiger charge is -2.31. The van der Waals surface area contributed by atoms with Crippen LogP contribution in [0.5, 0.6) is 5.75 Å². The van der Waals surface area contributed by atoms with Crippen LogP contribution in [0.2, 0.25) is 0 Å². The van der Waals surface area contributed by atoms with E-state index in [1.54, 1.807) is 36.5 Å². The first-order valence-corrected chi connectivity index (χ1v) is 8.13. The molecular weight excluding hydrogens is 316 g/mol. The van der Waals surface area contributed by atoms with Crippen molar-refractivity contribution >= 4 is 5.91 Å². The lowest BCUT2D eigenvalue weighted by molar-refractivity contribution is 0.0684. The normalized spacial score (nSPS) is 11.8. The molecule has 0 bridgehead atoms. The topological polar surface area (TPSA) is 55.6 Å². The zero-order chi connectivity index (χ0) is 17.6. The van der Waals surface area contributed by atoms with Crippen LogP contribution in [-0.4, -0.2) is 29.4 Å². The van der Waals surface area contributed by atoms with E-state index in [9.17, 15) is 4.79 Å². The Bertz CT molecular complexity index is 799. The average Bonchev–Trinajstić information content (AvgIpc) is 3.21. The first-order chi connectivity index (χ1) is 12.2. The summed E-state index contributed by atoms with van der Waals surface area (Å²) in [7, 11) is 1.63. The predicted molar refractivity (Wildman–Crippen MR) is 94.5 cm³/mol. The highest BCUT2D eigenvalue weighted by atomic mass is 16.5. The van der Waals surface area contributed by atoms with Crippen molar-refractivity contribution in [2.75, 3.05) is 13.7 Å². The van der Waals surface area contributed by atoms with Crippen LogP contribution < -0.4 is 4.74 Å². The van der Waals surface area contributed by atoms with Crippen LogP contribution in [0, 0.1) is 0 Å². The third-order valence-corrected chi connectivity index (χ3v) is 4.08. The molecule has 0 N–H and O–H groups in total. The maximum absolute atomic E-state index is 12.9. The molecule has 0 fully saturated rings. The molecule has 25 heavy (non-hydrogen) atoms. The van der Waals surface area contributed by atoms with Crippen LogP contribution in [0.15, 0.2) is 71.6 Å². The molecule has 3 aromatic rings. The average molecular weight is 336 g/mol. The standard InChI is InChI=1S/C20H20N2O3/c1-3-22(20(23)18-7-5-13-25-18)19(16-6-4-12-21-14-16)15-8-10-17(24-2)11-9-15/h4-14,19H,3H2,1-2H3/t19-/m0/s1. The van der Waals surface area contributed by atoms with Crippen molar-refractivity contribution < 1.29 is 13.9 Å². The Kier molecular flexibility index (Phi) is 5.14. The summed E-state index contributed by atoms with van der Waals surface area (Å²) in [4.78, 5) is 18.9. The molecule has 5 nitrogen and oxygen atoms in total. The van der Waals surface area contributed by atoms with Gasteiger partial charge < -0.3 is 14.1 Å². The lowest BCUT2D eigenvalue weighted by Crippen LogP contribution is -2.35. The van der Waals surface area contributed by atoms with Crippen LogP contribution >= 0.6 is 0 Å². The maximum Gasteiger partial charge on any atom is 0.290 e. The van der Waals surface area contributed by atoms with Gasteiger partial charge in [-0.2, -0.15) is 0 Å². The van der Waals surface area contributed by atoms with E-state index in [1.165, 1.54) is 6.26 Å². The summed E-state index contributed by atoms with van der Waals surface area (Å²) in [6.45, 7) is 2.48. The third kappa shape index (κ3) is 3.55. The molecule has 3 rings (SSSR count). The summed E-state index contributed by atoms with van der Waals surface area (Å²) in [5, 5.41) is 0. The fraction of sp³-hybridized carbons (Fsp3) is 0.200. The van der Waals surface area contributed by atoms with Crippen molar-refractivity contribution in [2.45, 2.75) is 13.0 Å². The van der Waals surface area contributed by atoms with Gasteiger partial charge in [0.1, 0.15) is 5.75 Å². The number of ether oxygens (including phenoxy) is 1. The Morgan fingerprint density at radius 3 is 2.52 bits per heavy atom. The van der Waals surface area contributed by atoms with Gasteiger partial charge in [0.25, 0.3) is 5.91 Å². The lowest BCUT2D eigenvalue weighted by atomic mass is 9.98. The van der Waals surface area contributed by atoms with E-state index < -0.39 is 0 Å². The summed E-state index contributed by atoms with van der Waals surface area (Å²) < 4.78 is 10.5. The van der Waals surface area contributed by atoms with Crippen molar-refractivity contribution in [3.8, 4) is 5.75 Å². The molecule has 0 aliphatic carbocycles. The van der Waals surface area contributed by atoms with E-state index in [0.717, 1.165) is 16.9 Å². The highest BCUT2D eigenvalue weighted by Crippen LogP contribution is 2.30. The molecule has 128 valence electrons. The number of nitrogens with zero attached hydrogens (tertiary/aromatic N) is 2. The Balaban J connectivity index is 2.04. The largest absolute Gasteiger partial charge is 0.497 e. The molecule has 0 radical (unpaired) electrons.